The zero-order chi connectivity index (χ0) is 9.42. The van der Waals surface area contributed by atoms with Crippen LogP contribution in [-0.4, -0.2) is 43.0 Å². The highest BCUT2D eigenvalue weighted by molar-refractivity contribution is 5.74. The second kappa shape index (κ2) is 3.20. The van der Waals surface area contributed by atoms with Gasteiger partial charge in [-0.3, -0.25) is 0 Å². The van der Waals surface area contributed by atoms with Crippen LogP contribution in [0, 0.1) is 11.8 Å². The van der Waals surface area contributed by atoms with E-state index in [2.05, 4.69) is 0 Å². The molecular weight excluding hydrogens is 164 g/mol. The molecule has 1 saturated heterocycles. The van der Waals surface area contributed by atoms with Crippen LogP contribution in [0.1, 0.15) is 19.3 Å². The molecule has 2 amide bonds. The lowest BCUT2D eigenvalue weighted by Crippen LogP contribution is -2.38. The Labute approximate surface area is 79.7 Å². The van der Waals surface area contributed by atoms with Crippen LogP contribution in [0.3, 0.4) is 0 Å². The normalized spacial score (nSPS) is 32.0. The molecule has 2 fully saturated rings. The lowest BCUT2D eigenvalue weighted by Gasteiger charge is -2.21. The van der Waals surface area contributed by atoms with Gasteiger partial charge in [-0.15, -0.1) is 0 Å². The molecule has 0 aromatic rings. The highest BCUT2D eigenvalue weighted by Gasteiger charge is 2.38. The fourth-order valence-electron chi connectivity index (χ4n) is 2.67. The molecular formula is C10H18N2O. The average Bonchev–Trinajstić information content (AvgIpc) is 2.59. The molecule has 3 heteroatoms. The maximum atomic E-state index is 11.6. The third kappa shape index (κ3) is 1.52. The molecule has 0 N–H and O–H groups in total. The SMILES string of the molecule is CN(C)C(=O)N1CC2CCCC2C1. The molecule has 1 heterocycles. The van der Waals surface area contributed by atoms with Gasteiger partial charge in [-0.1, -0.05) is 6.42 Å². The zero-order valence-electron chi connectivity index (χ0n) is 8.49. The van der Waals surface area contributed by atoms with Crippen LogP contribution in [0.25, 0.3) is 0 Å². The number of hydrogen-bond acceptors (Lipinski definition) is 1. The van der Waals surface area contributed by atoms with Crippen molar-refractivity contribution in [1.82, 2.24) is 9.80 Å². The molecule has 0 aromatic heterocycles. The predicted octanol–water partition coefficient (Wildman–Crippen LogP) is 1.40. The third-order valence-corrected chi connectivity index (χ3v) is 3.38. The van der Waals surface area contributed by atoms with Crippen molar-refractivity contribution < 1.29 is 4.79 Å². The Bertz CT molecular complexity index is 203. The number of rotatable bonds is 0. The number of likely N-dealkylation sites (tertiary alicyclic amines) is 1. The molecule has 0 radical (unpaired) electrons. The van der Waals surface area contributed by atoms with Gasteiger partial charge in [-0.05, 0) is 24.7 Å². The summed E-state index contributed by atoms with van der Waals surface area (Å²) in [6.45, 7) is 2.00. The Morgan fingerprint density at radius 1 is 1.23 bits per heavy atom. The summed E-state index contributed by atoms with van der Waals surface area (Å²) in [5, 5.41) is 0. The summed E-state index contributed by atoms with van der Waals surface area (Å²) in [4.78, 5) is 15.3. The average molecular weight is 182 g/mol. The van der Waals surface area contributed by atoms with Gasteiger partial charge in [-0.2, -0.15) is 0 Å². The molecule has 3 nitrogen and oxygen atoms in total. The third-order valence-electron chi connectivity index (χ3n) is 3.38. The second-order valence-corrected chi connectivity index (χ2v) is 4.53. The number of fused-ring (bicyclic) bond motifs is 1. The first kappa shape index (κ1) is 8.85. The van der Waals surface area contributed by atoms with Crippen molar-refractivity contribution in [3.8, 4) is 0 Å². The van der Waals surface area contributed by atoms with E-state index in [1.165, 1.54) is 19.3 Å². The van der Waals surface area contributed by atoms with E-state index in [9.17, 15) is 4.79 Å². The Morgan fingerprint density at radius 2 is 1.77 bits per heavy atom. The van der Waals surface area contributed by atoms with E-state index < -0.39 is 0 Å². The molecule has 1 aliphatic carbocycles. The van der Waals surface area contributed by atoms with Gasteiger partial charge in [0.2, 0.25) is 0 Å². The first-order valence-corrected chi connectivity index (χ1v) is 5.14. The van der Waals surface area contributed by atoms with Crippen LogP contribution < -0.4 is 0 Å². The number of amides is 2. The Kier molecular flexibility index (Phi) is 2.18. The number of hydrogen-bond donors (Lipinski definition) is 0. The van der Waals surface area contributed by atoms with Gasteiger partial charge < -0.3 is 9.80 Å². The van der Waals surface area contributed by atoms with E-state index in [1.807, 2.05) is 19.0 Å². The van der Waals surface area contributed by atoms with Gasteiger partial charge in [0.25, 0.3) is 0 Å². The minimum Gasteiger partial charge on any atom is -0.331 e. The van der Waals surface area contributed by atoms with Crippen molar-refractivity contribution >= 4 is 6.03 Å². The molecule has 13 heavy (non-hydrogen) atoms. The summed E-state index contributed by atoms with van der Waals surface area (Å²) in [7, 11) is 3.66. The van der Waals surface area contributed by atoms with Crippen LogP contribution in [0.5, 0.6) is 0 Å². The van der Waals surface area contributed by atoms with E-state index in [4.69, 9.17) is 0 Å². The van der Waals surface area contributed by atoms with E-state index in [-0.39, 0.29) is 6.03 Å². The number of carbonyl (C=O) groups excluding carboxylic acids is 1. The molecule has 0 spiro atoms. The lowest BCUT2D eigenvalue weighted by atomic mass is 10.0. The first-order valence-electron chi connectivity index (χ1n) is 5.14. The van der Waals surface area contributed by atoms with Crippen LogP contribution in [0.4, 0.5) is 4.79 Å². The molecule has 0 aromatic carbocycles. The Balaban J connectivity index is 1.95. The standard InChI is InChI=1S/C10H18N2O/c1-11(2)10(13)12-6-8-4-3-5-9(8)7-12/h8-9H,3-7H2,1-2H3. The van der Waals surface area contributed by atoms with Gasteiger partial charge in [0.15, 0.2) is 0 Å². The summed E-state index contributed by atoms with van der Waals surface area (Å²) in [5.74, 6) is 1.62. The summed E-state index contributed by atoms with van der Waals surface area (Å²) in [5.41, 5.74) is 0. The van der Waals surface area contributed by atoms with Crippen LogP contribution in [-0.2, 0) is 0 Å². The first-order chi connectivity index (χ1) is 6.18. The Morgan fingerprint density at radius 3 is 2.23 bits per heavy atom. The molecule has 0 bridgehead atoms. The maximum Gasteiger partial charge on any atom is 0.319 e. The fraction of sp³-hybridized carbons (Fsp3) is 0.900. The van der Waals surface area contributed by atoms with Crippen molar-refractivity contribution in [3.63, 3.8) is 0 Å². The molecule has 2 unspecified atom stereocenters. The predicted molar refractivity (Wildman–Crippen MR) is 51.5 cm³/mol. The summed E-state index contributed by atoms with van der Waals surface area (Å²) < 4.78 is 0. The van der Waals surface area contributed by atoms with Crippen molar-refractivity contribution in [2.75, 3.05) is 27.2 Å². The van der Waals surface area contributed by atoms with Crippen LogP contribution >= 0.6 is 0 Å². The van der Waals surface area contributed by atoms with Gasteiger partial charge in [0.1, 0.15) is 0 Å². The molecule has 2 rings (SSSR count). The monoisotopic (exact) mass is 182 g/mol. The lowest BCUT2D eigenvalue weighted by molar-refractivity contribution is 0.178. The molecule has 2 atom stereocenters. The summed E-state index contributed by atoms with van der Waals surface area (Å²) in [6.07, 6.45) is 4.04. The molecule has 74 valence electrons. The largest absolute Gasteiger partial charge is 0.331 e. The van der Waals surface area contributed by atoms with Gasteiger partial charge in [0, 0.05) is 27.2 Å². The second-order valence-electron chi connectivity index (χ2n) is 4.53. The Hall–Kier alpha value is -0.730. The number of carbonyl (C=O) groups is 1. The number of nitrogens with zero attached hydrogens (tertiary/aromatic N) is 2. The zero-order valence-corrected chi connectivity index (χ0v) is 8.49. The minimum atomic E-state index is 0.189. The van der Waals surface area contributed by atoms with Crippen molar-refractivity contribution in [3.05, 3.63) is 0 Å². The number of urea groups is 1. The van der Waals surface area contributed by atoms with Gasteiger partial charge >= 0.3 is 6.03 Å². The topological polar surface area (TPSA) is 23.6 Å². The van der Waals surface area contributed by atoms with Crippen LogP contribution in [0.15, 0.2) is 0 Å². The molecule has 1 aliphatic heterocycles. The van der Waals surface area contributed by atoms with Crippen molar-refractivity contribution in [1.29, 1.82) is 0 Å². The van der Waals surface area contributed by atoms with E-state index in [0.29, 0.717) is 0 Å². The summed E-state index contributed by atoms with van der Waals surface area (Å²) >= 11 is 0. The van der Waals surface area contributed by atoms with Crippen molar-refractivity contribution in [2.24, 2.45) is 11.8 Å². The molecule has 1 saturated carbocycles. The maximum absolute atomic E-state index is 11.6. The van der Waals surface area contributed by atoms with E-state index in [0.717, 1.165) is 24.9 Å². The van der Waals surface area contributed by atoms with Crippen LogP contribution in [0.2, 0.25) is 0 Å². The summed E-state index contributed by atoms with van der Waals surface area (Å²) in [6, 6.07) is 0.189. The van der Waals surface area contributed by atoms with Gasteiger partial charge in [-0.25, -0.2) is 4.79 Å². The highest BCUT2D eigenvalue weighted by atomic mass is 16.2. The minimum absolute atomic E-state index is 0.189. The van der Waals surface area contributed by atoms with E-state index in [1.54, 1.807) is 4.90 Å². The highest BCUT2D eigenvalue weighted by Crippen LogP contribution is 2.37. The smallest absolute Gasteiger partial charge is 0.319 e. The van der Waals surface area contributed by atoms with Crippen molar-refractivity contribution in [2.45, 2.75) is 19.3 Å². The van der Waals surface area contributed by atoms with E-state index >= 15 is 0 Å². The van der Waals surface area contributed by atoms with Gasteiger partial charge in [0.05, 0.1) is 0 Å². The fourth-order valence-corrected chi connectivity index (χ4v) is 2.67. The molecule has 2 aliphatic rings. The quantitative estimate of drug-likeness (QED) is 0.555.